The molecule has 0 aromatic rings. The van der Waals surface area contributed by atoms with Gasteiger partial charge < -0.3 is 11.1 Å². The van der Waals surface area contributed by atoms with Crippen molar-refractivity contribution in [3.8, 4) is 0 Å². The fourth-order valence-electron chi connectivity index (χ4n) is 4.72. The highest BCUT2D eigenvalue weighted by Gasteiger charge is 2.49. The van der Waals surface area contributed by atoms with Gasteiger partial charge in [-0.15, -0.1) is 0 Å². The Morgan fingerprint density at radius 2 is 1.71 bits per heavy atom. The Labute approximate surface area is 130 Å². The highest BCUT2D eigenvalue weighted by molar-refractivity contribution is 5.85. The first kappa shape index (κ1) is 16.8. The maximum Gasteiger partial charge on any atom is 0.238 e. The Morgan fingerprint density at radius 3 is 2.24 bits per heavy atom. The quantitative estimate of drug-likeness (QED) is 0.778. The third-order valence-corrected chi connectivity index (χ3v) is 5.84. The van der Waals surface area contributed by atoms with Gasteiger partial charge in [0.05, 0.1) is 0 Å². The van der Waals surface area contributed by atoms with Gasteiger partial charge in [-0.2, -0.15) is 0 Å². The summed E-state index contributed by atoms with van der Waals surface area (Å²) in [5.74, 6) is 1.36. The Hall–Kier alpha value is -0.570. The first-order valence-corrected chi connectivity index (χ1v) is 9.03. The lowest BCUT2D eigenvalue weighted by Crippen LogP contribution is -2.66. The molecule has 2 aliphatic carbocycles. The van der Waals surface area contributed by atoms with Gasteiger partial charge in [-0.25, -0.2) is 0 Å². The van der Waals surface area contributed by atoms with Crippen molar-refractivity contribution in [3.63, 3.8) is 0 Å². The molecular formula is C18H34N2O. The van der Waals surface area contributed by atoms with Gasteiger partial charge in [-0.3, -0.25) is 4.79 Å². The molecule has 0 heterocycles. The number of hydrogen-bond acceptors (Lipinski definition) is 2. The van der Waals surface area contributed by atoms with E-state index in [0.717, 1.165) is 12.8 Å². The van der Waals surface area contributed by atoms with Gasteiger partial charge in [0.1, 0.15) is 5.54 Å². The van der Waals surface area contributed by atoms with E-state index in [2.05, 4.69) is 26.1 Å². The topological polar surface area (TPSA) is 55.1 Å². The highest BCUT2D eigenvalue weighted by atomic mass is 16.1. The summed E-state index contributed by atoms with van der Waals surface area (Å²) in [5.41, 5.74) is 5.48. The molecule has 0 saturated heterocycles. The molecule has 3 N–H and O–H groups in total. The molecule has 0 bridgehead atoms. The molecule has 122 valence electrons. The van der Waals surface area contributed by atoms with Crippen molar-refractivity contribution >= 4 is 5.91 Å². The van der Waals surface area contributed by atoms with Gasteiger partial charge in [0.2, 0.25) is 5.91 Å². The van der Waals surface area contributed by atoms with E-state index >= 15 is 0 Å². The molecule has 0 aromatic heterocycles. The van der Waals surface area contributed by atoms with Crippen LogP contribution in [-0.2, 0) is 4.79 Å². The standard InChI is InChI=1S/C18H34N2O/c1-13(2)16-11-10-14(3)12-18(16,17(19)21)20-15-8-6-4-5-7-9-15/h13-16,20H,4-12H2,1-3H3,(H2,19,21). The largest absolute Gasteiger partial charge is 0.368 e. The Bertz CT molecular complexity index is 347. The Balaban J connectivity index is 2.21. The minimum atomic E-state index is -0.471. The predicted octanol–water partition coefficient (Wildman–Crippen LogP) is 3.62. The lowest BCUT2D eigenvalue weighted by atomic mass is 9.64. The third kappa shape index (κ3) is 3.80. The maximum atomic E-state index is 12.5. The van der Waals surface area contributed by atoms with Gasteiger partial charge in [0.25, 0.3) is 0 Å². The summed E-state index contributed by atoms with van der Waals surface area (Å²) in [6, 6.07) is 0.478. The second-order valence-electron chi connectivity index (χ2n) is 7.91. The van der Waals surface area contributed by atoms with Crippen LogP contribution in [-0.4, -0.2) is 17.5 Å². The zero-order valence-electron chi connectivity index (χ0n) is 14.2. The maximum absolute atomic E-state index is 12.5. The molecule has 2 aliphatic rings. The molecule has 3 unspecified atom stereocenters. The van der Waals surface area contributed by atoms with Crippen molar-refractivity contribution < 1.29 is 4.79 Å². The van der Waals surface area contributed by atoms with Crippen LogP contribution < -0.4 is 11.1 Å². The molecule has 21 heavy (non-hydrogen) atoms. The van der Waals surface area contributed by atoms with E-state index in [1.165, 1.54) is 44.9 Å². The molecule has 3 atom stereocenters. The normalized spacial score (nSPS) is 35.6. The van der Waals surface area contributed by atoms with Gasteiger partial charge in [0.15, 0.2) is 0 Å². The molecular weight excluding hydrogens is 260 g/mol. The molecule has 0 radical (unpaired) electrons. The van der Waals surface area contributed by atoms with Crippen LogP contribution in [0, 0.1) is 17.8 Å². The van der Waals surface area contributed by atoms with E-state index in [4.69, 9.17) is 5.73 Å². The number of rotatable bonds is 4. The molecule has 0 spiro atoms. The Kier molecular flexibility index (Phi) is 5.70. The van der Waals surface area contributed by atoms with Crippen molar-refractivity contribution in [3.05, 3.63) is 0 Å². The van der Waals surface area contributed by atoms with Crippen LogP contribution in [0.15, 0.2) is 0 Å². The molecule has 2 saturated carbocycles. The summed E-state index contributed by atoms with van der Waals surface area (Å²) >= 11 is 0. The van der Waals surface area contributed by atoms with Crippen molar-refractivity contribution in [2.45, 2.75) is 90.1 Å². The number of hydrogen-bond donors (Lipinski definition) is 2. The van der Waals surface area contributed by atoms with Crippen molar-refractivity contribution in [1.29, 1.82) is 0 Å². The summed E-state index contributed by atoms with van der Waals surface area (Å²) in [4.78, 5) is 12.5. The van der Waals surface area contributed by atoms with Crippen LogP contribution >= 0.6 is 0 Å². The van der Waals surface area contributed by atoms with E-state index in [-0.39, 0.29) is 5.91 Å². The lowest BCUT2D eigenvalue weighted by molar-refractivity contribution is -0.131. The van der Waals surface area contributed by atoms with E-state index in [1.54, 1.807) is 0 Å². The van der Waals surface area contributed by atoms with Crippen LogP contribution in [0.1, 0.15) is 78.6 Å². The van der Waals surface area contributed by atoms with Crippen molar-refractivity contribution in [2.24, 2.45) is 23.5 Å². The average molecular weight is 294 g/mol. The molecule has 3 heteroatoms. The second-order valence-corrected chi connectivity index (χ2v) is 7.91. The molecule has 2 rings (SSSR count). The minimum absolute atomic E-state index is 0.114. The van der Waals surface area contributed by atoms with E-state index in [9.17, 15) is 4.79 Å². The number of carbonyl (C=O) groups excluding carboxylic acids is 1. The van der Waals surface area contributed by atoms with E-state index in [1.807, 2.05) is 0 Å². The fourth-order valence-corrected chi connectivity index (χ4v) is 4.72. The summed E-state index contributed by atoms with van der Waals surface area (Å²) in [5, 5.41) is 3.80. The number of nitrogens with one attached hydrogen (secondary N) is 1. The minimum Gasteiger partial charge on any atom is -0.368 e. The molecule has 1 amide bonds. The number of carbonyl (C=O) groups is 1. The van der Waals surface area contributed by atoms with Crippen LogP contribution in [0.3, 0.4) is 0 Å². The smallest absolute Gasteiger partial charge is 0.238 e. The zero-order chi connectivity index (χ0) is 15.5. The number of amides is 1. The molecule has 3 nitrogen and oxygen atoms in total. The Morgan fingerprint density at radius 1 is 1.10 bits per heavy atom. The van der Waals surface area contributed by atoms with Gasteiger partial charge in [0, 0.05) is 6.04 Å². The van der Waals surface area contributed by atoms with Crippen LogP contribution in [0.25, 0.3) is 0 Å². The van der Waals surface area contributed by atoms with E-state index in [0.29, 0.717) is 23.8 Å². The van der Waals surface area contributed by atoms with Gasteiger partial charge in [-0.1, -0.05) is 52.9 Å². The summed E-state index contributed by atoms with van der Waals surface area (Å²) in [6.45, 7) is 6.75. The second kappa shape index (κ2) is 7.13. The highest BCUT2D eigenvalue weighted by Crippen LogP contribution is 2.42. The first-order chi connectivity index (χ1) is 9.95. The van der Waals surface area contributed by atoms with E-state index < -0.39 is 5.54 Å². The molecule has 0 aromatic carbocycles. The van der Waals surface area contributed by atoms with Crippen LogP contribution in [0.4, 0.5) is 0 Å². The zero-order valence-corrected chi connectivity index (χ0v) is 14.2. The number of nitrogens with two attached hydrogens (primary N) is 1. The monoisotopic (exact) mass is 294 g/mol. The molecule has 0 aliphatic heterocycles. The predicted molar refractivity (Wildman–Crippen MR) is 87.9 cm³/mol. The van der Waals surface area contributed by atoms with Crippen LogP contribution in [0.2, 0.25) is 0 Å². The van der Waals surface area contributed by atoms with Gasteiger partial charge in [-0.05, 0) is 43.4 Å². The summed E-state index contributed by atoms with van der Waals surface area (Å²) in [6.07, 6.45) is 10.9. The lowest BCUT2D eigenvalue weighted by Gasteiger charge is -2.48. The fraction of sp³-hybridized carbons (Fsp3) is 0.944. The summed E-state index contributed by atoms with van der Waals surface area (Å²) in [7, 11) is 0. The SMILES string of the molecule is CC1CCC(C(C)C)C(NC2CCCCCC2)(C(N)=O)C1. The van der Waals surface area contributed by atoms with Crippen molar-refractivity contribution in [1.82, 2.24) is 5.32 Å². The third-order valence-electron chi connectivity index (χ3n) is 5.84. The number of primary amides is 1. The van der Waals surface area contributed by atoms with Crippen LogP contribution in [0.5, 0.6) is 0 Å². The summed E-state index contributed by atoms with van der Waals surface area (Å²) < 4.78 is 0. The first-order valence-electron chi connectivity index (χ1n) is 9.03. The average Bonchev–Trinajstić information content (AvgIpc) is 2.66. The van der Waals surface area contributed by atoms with Gasteiger partial charge >= 0.3 is 0 Å². The van der Waals surface area contributed by atoms with Crippen molar-refractivity contribution in [2.75, 3.05) is 0 Å². The molecule has 2 fully saturated rings.